The Kier molecular flexibility index (Phi) is 4.66. The third-order valence-corrected chi connectivity index (χ3v) is 3.98. The van der Waals surface area contributed by atoms with Crippen LogP contribution in [-0.4, -0.2) is 28.0 Å². The molecule has 19 heavy (non-hydrogen) atoms. The van der Waals surface area contributed by atoms with Crippen LogP contribution in [0.5, 0.6) is 0 Å². The summed E-state index contributed by atoms with van der Waals surface area (Å²) < 4.78 is 0. The van der Waals surface area contributed by atoms with Crippen molar-refractivity contribution in [2.75, 3.05) is 0 Å². The molecule has 2 heterocycles. The Morgan fingerprint density at radius 3 is 2.53 bits per heavy atom. The van der Waals surface area contributed by atoms with Gasteiger partial charge in [-0.05, 0) is 38.8 Å². The Bertz CT molecular complexity index is 471. The molecule has 0 bridgehead atoms. The largest absolute Gasteiger partial charge is 0.284 e. The molecule has 0 saturated carbocycles. The van der Waals surface area contributed by atoms with E-state index in [0.717, 1.165) is 12.8 Å². The maximum atomic E-state index is 12.2. The van der Waals surface area contributed by atoms with E-state index < -0.39 is 0 Å². The van der Waals surface area contributed by atoms with Crippen LogP contribution in [-0.2, 0) is 0 Å². The number of carbonyl (C=O) groups excluding carboxylic acids is 1. The zero-order chi connectivity index (χ0) is 14.0. The predicted molar refractivity (Wildman–Crippen MR) is 76.3 cm³/mol. The summed E-state index contributed by atoms with van der Waals surface area (Å²) in [4.78, 5) is 16.1. The molecule has 0 aliphatic carbocycles. The maximum Gasteiger partial charge on any atom is 0.268 e. The smallest absolute Gasteiger partial charge is 0.268 e. The van der Waals surface area contributed by atoms with E-state index in [1.807, 2.05) is 5.01 Å². The number of nitrogens with zero attached hydrogens (tertiary/aromatic N) is 2. The fraction of sp³-hybridized carbons (Fsp3) is 0.538. The highest BCUT2D eigenvalue weighted by Crippen LogP contribution is 2.22. The standard InChI is InChI=1S/C13H17Cl2N3O/c1-8-4-3-5-9(2)18(8)17-13(19)10-6-7-11(14)16-12(10)15/h6-9H,3-5H2,1-2H3,(H,17,19). The maximum absolute atomic E-state index is 12.2. The number of hydrogen-bond donors (Lipinski definition) is 1. The second-order valence-corrected chi connectivity index (χ2v) is 5.69. The first-order valence-corrected chi connectivity index (χ1v) is 7.16. The Balaban J connectivity index is 2.11. The van der Waals surface area contributed by atoms with E-state index in [2.05, 4.69) is 24.3 Å². The van der Waals surface area contributed by atoms with Gasteiger partial charge >= 0.3 is 0 Å². The van der Waals surface area contributed by atoms with Crippen molar-refractivity contribution < 1.29 is 4.79 Å². The molecule has 0 spiro atoms. The minimum absolute atomic E-state index is 0.127. The molecule has 6 heteroatoms. The summed E-state index contributed by atoms with van der Waals surface area (Å²) in [6.45, 7) is 4.22. The lowest BCUT2D eigenvalue weighted by atomic mass is 10.00. The van der Waals surface area contributed by atoms with Gasteiger partial charge in [-0.2, -0.15) is 0 Å². The highest BCUT2D eigenvalue weighted by molar-refractivity contribution is 6.34. The topological polar surface area (TPSA) is 45.2 Å². The summed E-state index contributed by atoms with van der Waals surface area (Å²) in [5.41, 5.74) is 3.27. The first-order chi connectivity index (χ1) is 8.99. The van der Waals surface area contributed by atoms with Crippen molar-refractivity contribution in [1.29, 1.82) is 0 Å². The molecule has 1 aliphatic rings. The SMILES string of the molecule is CC1CCCC(C)N1NC(=O)c1ccc(Cl)nc1Cl. The van der Waals surface area contributed by atoms with Gasteiger partial charge in [-0.25, -0.2) is 9.99 Å². The number of halogens is 2. The lowest BCUT2D eigenvalue weighted by Crippen LogP contribution is -2.54. The molecule has 104 valence electrons. The first-order valence-electron chi connectivity index (χ1n) is 6.40. The molecule has 1 amide bonds. The number of rotatable bonds is 2. The summed E-state index contributed by atoms with van der Waals surface area (Å²) in [6, 6.07) is 3.80. The highest BCUT2D eigenvalue weighted by atomic mass is 35.5. The van der Waals surface area contributed by atoms with E-state index in [1.165, 1.54) is 6.42 Å². The highest BCUT2D eigenvalue weighted by Gasteiger charge is 2.27. The van der Waals surface area contributed by atoms with Crippen LogP contribution in [0.1, 0.15) is 43.5 Å². The van der Waals surface area contributed by atoms with Crippen molar-refractivity contribution >= 4 is 29.1 Å². The van der Waals surface area contributed by atoms with Crippen LogP contribution in [0.15, 0.2) is 12.1 Å². The summed E-state index contributed by atoms with van der Waals surface area (Å²) in [7, 11) is 0. The minimum Gasteiger partial charge on any atom is -0.284 e. The van der Waals surface area contributed by atoms with Crippen LogP contribution < -0.4 is 5.43 Å². The van der Waals surface area contributed by atoms with Crippen LogP contribution in [0.3, 0.4) is 0 Å². The van der Waals surface area contributed by atoms with Gasteiger partial charge in [0.2, 0.25) is 0 Å². The molecular weight excluding hydrogens is 285 g/mol. The summed E-state index contributed by atoms with van der Waals surface area (Å²) in [5.74, 6) is -0.241. The third kappa shape index (κ3) is 3.38. The van der Waals surface area contributed by atoms with Gasteiger partial charge in [0.1, 0.15) is 10.3 Å². The molecule has 1 aliphatic heterocycles. The molecule has 0 radical (unpaired) electrons. The Labute approximate surface area is 123 Å². The number of piperidine rings is 1. The number of amides is 1. The molecule has 2 atom stereocenters. The van der Waals surface area contributed by atoms with Gasteiger partial charge in [-0.1, -0.05) is 29.6 Å². The van der Waals surface area contributed by atoms with Crippen LogP contribution in [0, 0.1) is 0 Å². The minimum atomic E-state index is -0.241. The number of hydrazine groups is 1. The van der Waals surface area contributed by atoms with Gasteiger partial charge in [0.05, 0.1) is 5.56 Å². The van der Waals surface area contributed by atoms with Crippen molar-refractivity contribution in [2.45, 2.75) is 45.2 Å². The van der Waals surface area contributed by atoms with Crippen LogP contribution in [0.2, 0.25) is 10.3 Å². The van der Waals surface area contributed by atoms with Gasteiger partial charge in [-0.3, -0.25) is 10.2 Å². The average Bonchev–Trinajstić information content (AvgIpc) is 2.33. The zero-order valence-electron chi connectivity index (χ0n) is 11.0. The quantitative estimate of drug-likeness (QED) is 0.853. The second kappa shape index (κ2) is 6.07. The normalized spacial score (nSPS) is 24.2. The molecule has 1 aromatic heterocycles. The van der Waals surface area contributed by atoms with Crippen LogP contribution in [0.25, 0.3) is 0 Å². The number of aromatic nitrogens is 1. The third-order valence-electron chi connectivity index (χ3n) is 3.48. The molecular formula is C13H17Cl2N3O. The van der Waals surface area contributed by atoms with Crippen molar-refractivity contribution in [1.82, 2.24) is 15.4 Å². The Morgan fingerprint density at radius 2 is 1.95 bits per heavy atom. The molecule has 1 aromatic rings. The molecule has 2 unspecified atom stereocenters. The fourth-order valence-corrected chi connectivity index (χ4v) is 2.83. The van der Waals surface area contributed by atoms with Crippen molar-refractivity contribution in [3.05, 3.63) is 28.0 Å². The Morgan fingerprint density at radius 1 is 1.32 bits per heavy atom. The second-order valence-electron chi connectivity index (χ2n) is 4.95. The lowest BCUT2D eigenvalue weighted by Gasteiger charge is -2.38. The number of carbonyl (C=O) groups is 1. The zero-order valence-corrected chi connectivity index (χ0v) is 12.5. The van der Waals surface area contributed by atoms with Crippen LogP contribution >= 0.6 is 23.2 Å². The van der Waals surface area contributed by atoms with Gasteiger partial charge in [0, 0.05) is 12.1 Å². The summed E-state index contributed by atoms with van der Waals surface area (Å²) in [6.07, 6.45) is 3.35. The van der Waals surface area contributed by atoms with E-state index in [-0.39, 0.29) is 16.2 Å². The van der Waals surface area contributed by atoms with Gasteiger partial charge in [0.25, 0.3) is 5.91 Å². The molecule has 2 rings (SSSR count). The van der Waals surface area contributed by atoms with E-state index in [4.69, 9.17) is 23.2 Å². The van der Waals surface area contributed by atoms with E-state index >= 15 is 0 Å². The van der Waals surface area contributed by atoms with Gasteiger partial charge in [0.15, 0.2) is 0 Å². The summed E-state index contributed by atoms with van der Waals surface area (Å²) >= 11 is 11.7. The summed E-state index contributed by atoms with van der Waals surface area (Å²) in [5, 5.41) is 2.40. The molecule has 0 aromatic carbocycles. The van der Waals surface area contributed by atoms with E-state index in [9.17, 15) is 4.79 Å². The van der Waals surface area contributed by atoms with Gasteiger partial charge < -0.3 is 0 Å². The number of pyridine rings is 1. The lowest BCUT2D eigenvalue weighted by molar-refractivity contribution is 0.0369. The molecule has 1 N–H and O–H groups in total. The average molecular weight is 302 g/mol. The van der Waals surface area contributed by atoms with Crippen molar-refractivity contribution in [3.63, 3.8) is 0 Å². The Hall–Kier alpha value is -0.840. The first kappa shape index (κ1) is 14.6. The number of nitrogens with one attached hydrogen (secondary N) is 1. The van der Waals surface area contributed by atoms with E-state index in [1.54, 1.807) is 12.1 Å². The van der Waals surface area contributed by atoms with Crippen LogP contribution in [0.4, 0.5) is 0 Å². The number of hydrogen-bond acceptors (Lipinski definition) is 3. The van der Waals surface area contributed by atoms with Crippen molar-refractivity contribution in [2.24, 2.45) is 0 Å². The molecule has 4 nitrogen and oxygen atoms in total. The van der Waals surface area contributed by atoms with E-state index in [0.29, 0.717) is 17.6 Å². The predicted octanol–water partition coefficient (Wildman–Crippen LogP) is 3.30. The monoisotopic (exact) mass is 301 g/mol. The van der Waals surface area contributed by atoms with Crippen molar-refractivity contribution in [3.8, 4) is 0 Å². The fourth-order valence-electron chi connectivity index (χ4n) is 2.40. The molecule has 1 saturated heterocycles. The molecule has 1 fully saturated rings. The van der Waals surface area contributed by atoms with Gasteiger partial charge in [-0.15, -0.1) is 0 Å².